The minimum atomic E-state index is -2.55. The molecule has 0 radical (unpaired) electrons. The Bertz CT molecular complexity index is 1560. The van der Waals surface area contributed by atoms with Gasteiger partial charge >= 0.3 is 11.9 Å². The lowest BCUT2D eigenvalue weighted by molar-refractivity contribution is -0.302. The summed E-state index contributed by atoms with van der Waals surface area (Å²) in [5.74, 6) is -9.34. The SMILES string of the molecule is COC1C[C@@H](C)C/C(C)=C/[C@@H](CCCC(=O)O)C(=O)C[C@H](O)[C@@H](C)[C@@H](/C(C)=C/[C@@H]2CC[C@@H](O)[C@H](OC)C2)OC(=O)[C@@H]2CCCCN2C(=O)C(=O)[C@]2(O)O[C@H]1C(OC)C[C@H]2C. The third kappa shape index (κ3) is 12.3. The van der Waals surface area contributed by atoms with Crippen LogP contribution in [-0.2, 0) is 47.7 Å². The molecule has 4 rings (SSSR count). The van der Waals surface area contributed by atoms with Crippen LogP contribution in [0.4, 0.5) is 0 Å². The number of ether oxygens (including phenoxy) is 5. The van der Waals surface area contributed by atoms with Gasteiger partial charge in [-0.15, -0.1) is 0 Å². The molecule has 1 saturated carbocycles. The maximum absolute atomic E-state index is 14.4. The van der Waals surface area contributed by atoms with Gasteiger partial charge < -0.3 is 49.0 Å². The second-order valence-electron chi connectivity index (χ2n) is 18.0. The van der Waals surface area contributed by atoms with Crippen molar-refractivity contribution in [3.05, 3.63) is 23.3 Å². The Labute approximate surface area is 355 Å². The molecular weight excluding hydrogens is 778 g/mol. The number of nitrogens with zero attached hydrogens (tertiary/aromatic N) is 1. The number of aliphatic hydroxyl groups is 3. The van der Waals surface area contributed by atoms with Gasteiger partial charge in [-0.3, -0.25) is 19.2 Å². The Balaban J connectivity index is 1.79. The summed E-state index contributed by atoms with van der Waals surface area (Å²) in [6.45, 7) is 9.02. The molecule has 1 aliphatic carbocycles. The van der Waals surface area contributed by atoms with E-state index in [0.29, 0.717) is 50.5 Å². The van der Waals surface area contributed by atoms with Gasteiger partial charge in [-0.2, -0.15) is 0 Å². The first kappa shape index (κ1) is 49.6. The highest BCUT2D eigenvalue weighted by molar-refractivity contribution is 6.39. The molecule has 15 heteroatoms. The number of allylic oxidation sites excluding steroid dienone is 3. The van der Waals surface area contributed by atoms with Crippen molar-refractivity contribution >= 4 is 29.4 Å². The Morgan fingerprint density at radius 2 is 1.58 bits per heavy atom. The highest BCUT2D eigenvalue weighted by Gasteiger charge is 2.56. The number of hydrogen-bond donors (Lipinski definition) is 4. The lowest BCUT2D eigenvalue weighted by Gasteiger charge is -2.47. The summed E-state index contributed by atoms with van der Waals surface area (Å²) < 4.78 is 29.7. The molecule has 4 aliphatic rings. The average molecular weight is 850 g/mol. The Morgan fingerprint density at radius 1 is 0.917 bits per heavy atom. The summed E-state index contributed by atoms with van der Waals surface area (Å²) in [5.41, 5.74) is 1.47. The van der Waals surface area contributed by atoms with E-state index in [1.54, 1.807) is 27.9 Å². The third-order valence-corrected chi connectivity index (χ3v) is 13.4. The van der Waals surface area contributed by atoms with Crippen LogP contribution < -0.4 is 0 Å². The monoisotopic (exact) mass is 849 g/mol. The van der Waals surface area contributed by atoms with Crippen molar-refractivity contribution in [3.63, 3.8) is 0 Å². The van der Waals surface area contributed by atoms with E-state index >= 15 is 0 Å². The molecule has 15 nitrogen and oxygen atoms in total. The predicted molar refractivity (Wildman–Crippen MR) is 219 cm³/mol. The average Bonchev–Trinajstić information content (AvgIpc) is 3.21. The van der Waals surface area contributed by atoms with Gasteiger partial charge in [-0.1, -0.05) is 38.5 Å². The Morgan fingerprint density at radius 3 is 2.23 bits per heavy atom. The van der Waals surface area contributed by atoms with Crippen molar-refractivity contribution in [1.82, 2.24) is 4.90 Å². The van der Waals surface area contributed by atoms with E-state index in [1.165, 1.54) is 14.2 Å². The van der Waals surface area contributed by atoms with Gasteiger partial charge in [0.25, 0.3) is 11.7 Å². The van der Waals surface area contributed by atoms with Gasteiger partial charge in [0.05, 0.1) is 30.5 Å². The summed E-state index contributed by atoms with van der Waals surface area (Å²) in [6, 6.07) is -1.18. The highest BCUT2D eigenvalue weighted by Crippen LogP contribution is 2.39. The molecule has 14 atom stereocenters. The van der Waals surface area contributed by atoms with E-state index < -0.39 is 95.9 Å². The molecule has 3 fully saturated rings. The fourth-order valence-electron chi connectivity index (χ4n) is 9.76. The number of esters is 1. The number of amides is 1. The summed E-state index contributed by atoms with van der Waals surface area (Å²) in [4.78, 5) is 69.5. The van der Waals surface area contributed by atoms with Crippen LogP contribution in [0, 0.1) is 29.6 Å². The molecule has 0 spiro atoms. The number of carbonyl (C=O) groups is 5. The maximum atomic E-state index is 14.4. The number of cyclic esters (lactones) is 1. The van der Waals surface area contributed by atoms with Crippen LogP contribution in [0.25, 0.3) is 0 Å². The van der Waals surface area contributed by atoms with Crippen LogP contribution in [-0.4, -0.2) is 137 Å². The van der Waals surface area contributed by atoms with Crippen LogP contribution in [0.2, 0.25) is 0 Å². The number of fused-ring (bicyclic) bond motifs is 3. The van der Waals surface area contributed by atoms with E-state index in [9.17, 15) is 44.4 Å². The van der Waals surface area contributed by atoms with Crippen molar-refractivity contribution in [2.75, 3.05) is 27.9 Å². The van der Waals surface area contributed by atoms with E-state index in [4.69, 9.17) is 23.7 Å². The first-order valence-electron chi connectivity index (χ1n) is 21.9. The number of carbonyl (C=O) groups excluding carboxylic acids is 4. The quantitative estimate of drug-likeness (QED) is 0.145. The minimum absolute atomic E-state index is 0.0508. The lowest BCUT2D eigenvalue weighted by Crippen LogP contribution is -2.64. The molecule has 2 saturated heterocycles. The number of aliphatic hydroxyl groups excluding tert-OH is 2. The second kappa shape index (κ2) is 22.3. The molecule has 2 unspecified atom stereocenters. The Kier molecular flexibility index (Phi) is 18.5. The molecule has 0 aromatic rings. The molecule has 3 aliphatic heterocycles. The number of methoxy groups -OCH3 is 3. The normalized spacial score (nSPS) is 39.5. The van der Waals surface area contributed by atoms with Crippen LogP contribution >= 0.6 is 0 Å². The standard InChI is InChI=1S/C45H71NO14/c1-25-18-26(2)20-37(57-7)41-38(58-8)22-28(4)45(55,60-41)42(52)43(53)46-17-10-9-13-32(46)44(54)59-40(27(3)21-30-15-16-33(47)36(23-30)56-6)29(5)34(48)24-35(49)31(19-25)12-11-14-39(50)51/h19,21,26,28-34,36-38,40-41,47-48,55H,9-18,20,22-24H2,1-8H3,(H,50,51)/b25-19+,27-21+/t26-,28+,29+,30-,31+,32-,33+,34-,36+,37?,38?,40+,41+,45+/m0/s1. The minimum Gasteiger partial charge on any atom is -0.481 e. The first-order chi connectivity index (χ1) is 28.3. The predicted octanol–water partition coefficient (Wildman–Crippen LogP) is 4.32. The molecule has 3 heterocycles. The van der Waals surface area contributed by atoms with Crippen LogP contribution in [0.5, 0.6) is 0 Å². The smallest absolute Gasteiger partial charge is 0.329 e. The zero-order chi connectivity index (χ0) is 44.5. The zero-order valence-electron chi connectivity index (χ0n) is 36.9. The van der Waals surface area contributed by atoms with Crippen molar-refractivity contribution < 1.29 is 68.1 Å². The molecule has 0 aromatic carbocycles. The van der Waals surface area contributed by atoms with Gasteiger partial charge in [-0.05, 0) is 102 Å². The molecule has 4 N–H and O–H groups in total. The van der Waals surface area contributed by atoms with Crippen molar-refractivity contribution in [2.24, 2.45) is 29.6 Å². The number of rotatable bonds is 9. The van der Waals surface area contributed by atoms with Crippen molar-refractivity contribution in [1.29, 1.82) is 0 Å². The van der Waals surface area contributed by atoms with Gasteiger partial charge in [0.2, 0.25) is 5.79 Å². The highest BCUT2D eigenvalue weighted by atomic mass is 16.7. The number of Topliss-reactive ketones (excluding diaryl/α,β-unsaturated/α-hetero) is 2. The van der Waals surface area contributed by atoms with Crippen molar-refractivity contribution in [2.45, 2.75) is 173 Å². The molecule has 340 valence electrons. The largest absolute Gasteiger partial charge is 0.481 e. The number of hydrogen-bond acceptors (Lipinski definition) is 13. The number of ketones is 2. The number of aliphatic carboxylic acids is 1. The summed E-state index contributed by atoms with van der Waals surface area (Å²) >= 11 is 0. The number of carboxylic acids is 1. The van der Waals surface area contributed by atoms with Crippen LogP contribution in [0.15, 0.2) is 23.3 Å². The summed E-state index contributed by atoms with van der Waals surface area (Å²) in [5, 5.41) is 43.6. The fourth-order valence-corrected chi connectivity index (χ4v) is 9.76. The van der Waals surface area contributed by atoms with E-state index in [1.807, 2.05) is 26.0 Å². The maximum Gasteiger partial charge on any atom is 0.329 e. The molecule has 0 aromatic heterocycles. The van der Waals surface area contributed by atoms with E-state index in [0.717, 1.165) is 10.5 Å². The zero-order valence-corrected chi connectivity index (χ0v) is 36.9. The van der Waals surface area contributed by atoms with E-state index in [-0.39, 0.29) is 62.7 Å². The first-order valence-corrected chi connectivity index (χ1v) is 21.9. The summed E-state index contributed by atoms with van der Waals surface area (Å²) in [7, 11) is 4.54. The van der Waals surface area contributed by atoms with E-state index in [2.05, 4.69) is 0 Å². The topological polar surface area (TPSA) is 216 Å². The Hall–Kier alpha value is -3.05. The van der Waals surface area contributed by atoms with Gasteiger partial charge in [0, 0.05) is 58.5 Å². The molecule has 2 bridgehead atoms. The summed E-state index contributed by atoms with van der Waals surface area (Å²) in [6.07, 6.45) is 2.33. The molecule has 60 heavy (non-hydrogen) atoms. The van der Waals surface area contributed by atoms with Crippen LogP contribution in [0.1, 0.15) is 118 Å². The second-order valence-corrected chi connectivity index (χ2v) is 18.0. The lowest BCUT2D eigenvalue weighted by atomic mass is 9.81. The number of piperidine rings is 1. The van der Waals surface area contributed by atoms with Gasteiger partial charge in [-0.25, -0.2) is 4.79 Å². The van der Waals surface area contributed by atoms with Gasteiger partial charge in [0.1, 0.15) is 24.0 Å². The fraction of sp³-hybridized carbons (Fsp3) is 0.800. The molecular formula is C45H71NO14. The molecule has 1 amide bonds. The third-order valence-electron chi connectivity index (χ3n) is 13.4. The number of carboxylic acid groups (broad SMARTS) is 1. The van der Waals surface area contributed by atoms with Gasteiger partial charge in [0.15, 0.2) is 0 Å². The van der Waals surface area contributed by atoms with Crippen LogP contribution in [0.3, 0.4) is 0 Å². The van der Waals surface area contributed by atoms with Crippen molar-refractivity contribution in [3.8, 4) is 0 Å².